The molecule has 34 heavy (non-hydrogen) atoms. The summed E-state index contributed by atoms with van der Waals surface area (Å²) in [6.45, 7) is 6.75. The van der Waals surface area contributed by atoms with Crippen molar-refractivity contribution < 1.29 is 19.0 Å². The second-order valence-electron chi connectivity index (χ2n) is 12.6. The van der Waals surface area contributed by atoms with Gasteiger partial charge < -0.3 is 19.9 Å². The lowest BCUT2D eigenvalue weighted by Crippen LogP contribution is -2.82. The van der Waals surface area contributed by atoms with Crippen molar-refractivity contribution in [2.24, 2.45) is 23.0 Å². The molecule has 5 fully saturated rings. The minimum Gasteiger partial charge on any atom is -0.485 e. The number of carbonyl (C=O) groups is 1. The van der Waals surface area contributed by atoms with E-state index in [2.05, 4.69) is 24.8 Å². The van der Waals surface area contributed by atoms with Crippen LogP contribution >= 0.6 is 0 Å². The highest BCUT2D eigenvalue weighted by Gasteiger charge is 2.81. The predicted octanol–water partition coefficient (Wildman–Crippen LogP) is 3.44. The third kappa shape index (κ3) is 2.27. The van der Waals surface area contributed by atoms with Crippen LogP contribution in [0.2, 0.25) is 0 Å². The first-order chi connectivity index (χ1) is 16.2. The van der Waals surface area contributed by atoms with E-state index in [1.165, 1.54) is 30.5 Å². The molecule has 2 heterocycles. The first kappa shape index (κ1) is 21.6. The van der Waals surface area contributed by atoms with Crippen molar-refractivity contribution >= 4 is 5.91 Å². The van der Waals surface area contributed by atoms with Gasteiger partial charge in [0.2, 0.25) is 0 Å². The molecule has 6 heteroatoms. The summed E-state index contributed by atoms with van der Waals surface area (Å²) in [6.07, 6.45) is 7.92. The van der Waals surface area contributed by atoms with Crippen molar-refractivity contribution in [3.63, 3.8) is 0 Å². The largest absolute Gasteiger partial charge is 0.485 e. The first-order valence-electron chi connectivity index (χ1n) is 13.2. The number of fused-ring (bicyclic) bond motifs is 2. The standard InChI is InChI=1S/C28H38N2O4/c1-25(2,32-3)19-14-26-9-10-28(19,33-4)24-27(26)11-12-30(15-16-5-6-16)20(26)13-17-7-8-18(23(29)31)22(34-24)21(17)27/h7-8,16,19-20,24H,5-6,9-15H2,1-4H3,(H2,29,31). The zero-order valence-corrected chi connectivity index (χ0v) is 21.0. The van der Waals surface area contributed by atoms with Gasteiger partial charge in [0, 0.05) is 49.1 Å². The van der Waals surface area contributed by atoms with Crippen LogP contribution in [-0.2, 0) is 21.3 Å². The van der Waals surface area contributed by atoms with E-state index in [1.807, 2.05) is 20.3 Å². The van der Waals surface area contributed by atoms with Crippen LogP contribution in [0.15, 0.2) is 12.1 Å². The Morgan fingerprint density at radius 1 is 1.24 bits per heavy atom. The van der Waals surface area contributed by atoms with Gasteiger partial charge in [-0.2, -0.15) is 0 Å². The molecule has 8 rings (SSSR count). The molecule has 1 aromatic carbocycles. The van der Waals surface area contributed by atoms with Crippen molar-refractivity contribution in [3.05, 3.63) is 28.8 Å². The molecule has 2 spiro atoms. The summed E-state index contributed by atoms with van der Waals surface area (Å²) in [6, 6.07) is 4.57. The molecular weight excluding hydrogens is 428 g/mol. The number of nitrogens with two attached hydrogens (primary N) is 1. The number of benzene rings is 1. The monoisotopic (exact) mass is 466 g/mol. The minimum atomic E-state index is -0.451. The Morgan fingerprint density at radius 2 is 2.03 bits per heavy atom. The number of methoxy groups -OCH3 is 2. The predicted molar refractivity (Wildman–Crippen MR) is 128 cm³/mol. The van der Waals surface area contributed by atoms with Crippen LogP contribution in [0.4, 0.5) is 0 Å². The zero-order valence-electron chi connectivity index (χ0n) is 21.0. The number of piperidine rings is 1. The Labute approximate surface area is 202 Å². The Bertz CT molecular complexity index is 1080. The van der Waals surface area contributed by atoms with Crippen LogP contribution in [-0.4, -0.2) is 61.5 Å². The fourth-order valence-electron chi connectivity index (χ4n) is 9.57. The number of amides is 1. The van der Waals surface area contributed by atoms with Gasteiger partial charge in [-0.05, 0) is 82.9 Å². The molecule has 4 bridgehead atoms. The highest BCUT2D eigenvalue weighted by atomic mass is 16.6. The van der Waals surface area contributed by atoms with E-state index in [1.54, 1.807) is 0 Å². The van der Waals surface area contributed by atoms with E-state index >= 15 is 0 Å². The summed E-state index contributed by atoms with van der Waals surface area (Å²) in [4.78, 5) is 15.3. The molecule has 4 saturated carbocycles. The third-order valence-electron chi connectivity index (χ3n) is 11.3. The van der Waals surface area contributed by atoms with Crippen LogP contribution in [0, 0.1) is 17.3 Å². The fraction of sp³-hybridized carbons (Fsp3) is 0.750. The highest BCUT2D eigenvalue weighted by Crippen LogP contribution is 2.77. The lowest BCUT2D eigenvalue weighted by molar-refractivity contribution is -0.302. The van der Waals surface area contributed by atoms with Gasteiger partial charge in [0.1, 0.15) is 17.5 Å². The number of carbonyl (C=O) groups excluding carboxylic acids is 1. The summed E-state index contributed by atoms with van der Waals surface area (Å²) < 4.78 is 19.7. The van der Waals surface area contributed by atoms with E-state index in [0.717, 1.165) is 50.3 Å². The van der Waals surface area contributed by atoms with Gasteiger partial charge in [0.25, 0.3) is 5.91 Å². The molecule has 6 atom stereocenters. The SMILES string of the molecule is COC(C)(C)C1CC23CCC1(OC)C1Oc4c(C(N)=O)ccc5c4C12CCN(CC1CC1)C3C5. The van der Waals surface area contributed by atoms with Crippen molar-refractivity contribution in [1.82, 2.24) is 4.90 Å². The van der Waals surface area contributed by atoms with Crippen molar-refractivity contribution in [3.8, 4) is 5.75 Å². The van der Waals surface area contributed by atoms with E-state index in [0.29, 0.717) is 11.6 Å². The molecule has 6 unspecified atom stereocenters. The molecule has 184 valence electrons. The van der Waals surface area contributed by atoms with Crippen molar-refractivity contribution in [1.29, 1.82) is 0 Å². The summed E-state index contributed by atoms with van der Waals surface area (Å²) in [5.74, 6) is 1.43. The van der Waals surface area contributed by atoms with Gasteiger partial charge in [0.15, 0.2) is 0 Å². The second-order valence-corrected chi connectivity index (χ2v) is 12.6. The number of primary amides is 1. The summed E-state index contributed by atoms with van der Waals surface area (Å²) in [5, 5.41) is 0. The maximum atomic E-state index is 12.5. The Hall–Kier alpha value is -1.63. The average Bonchev–Trinajstić information content (AvgIpc) is 3.57. The molecule has 1 amide bonds. The van der Waals surface area contributed by atoms with E-state index in [9.17, 15) is 4.79 Å². The van der Waals surface area contributed by atoms with Crippen molar-refractivity contribution in [2.45, 2.75) is 87.6 Å². The van der Waals surface area contributed by atoms with Crippen LogP contribution in [0.5, 0.6) is 5.75 Å². The molecule has 5 aliphatic carbocycles. The summed E-state index contributed by atoms with van der Waals surface area (Å²) >= 11 is 0. The maximum Gasteiger partial charge on any atom is 0.252 e. The lowest BCUT2D eigenvalue weighted by Gasteiger charge is -2.75. The van der Waals surface area contributed by atoms with E-state index in [4.69, 9.17) is 19.9 Å². The molecule has 0 radical (unpaired) electrons. The van der Waals surface area contributed by atoms with E-state index in [-0.39, 0.29) is 28.5 Å². The smallest absolute Gasteiger partial charge is 0.252 e. The number of rotatable bonds is 6. The first-order valence-corrected chi connectivity index (χ1v) is 13.2. The van der Waals surface area contributed by atoms with E-state index < -0.39 is 11.5 Å². The number of ether oxygens (including phenoxy) is 3. The van der Waals surface area contributed by atoms with Gasteiger partial charge in [-0.25, -0.2) is 0 Å². The maximum absolute atomic E-state index is 12.5. The minimum absolute atomic E-state index is 0.0973. The molecule has 1 saturated heterocycles. The number of hydrogen-bond donors (Lipinski definition) is 1. The van der Waals surface area contributed by atoms with Gasteiger partial charge in [0.05, 0.1) is 11.2 Å². The second kappa shape index (κ2) is 6.57. The lowest BCUT2D eigenvalue weighted by atomic mass is 9.34. The summed E-state index contributed by atoms with van der Waals surface area (Å²) in [7, 11) is 3.69. The molecule has 0 aromatic heterocycles. The molecule has 7 aliphatic rings. The number of likely N-dealkylation sites (tertiary alicyclic amines) is 1. The quantitative estimate of drug-likeness (QED) is 0.695. The number of hydrogen-bond acceptors (Lipinski definition) is 5. The molecule has 1 aromatic rings. The van der Waals surface area contributed by atoms with Crippen LogP contribution < -0.4 is 10.5 Å². The number of nitrogens with zero attached hydrogens (tertiary/aromatic N) is 1. The van der Waals surface area contributed by atoms with Gasteiger partial charge >= 0.3 is 0 Å². The summed E-state index contributed by atoms with van der Waals surface area (Å²) in [5.41, 5.74) is 8.25. The third-order valence-corrected chi connectivity index (χ3v) is 11.3. The molecule has 2 aliphatic heterocycles. The van der Waals surface area contributed by atoms with Crippen LogP contribution in [0.25, 0.3) is 0 Å². The molecule has 2 N–H and O–H groups in total. The normalized spacial score (nSPS) is 41.8. The Kier molecular flexibility index (Phi) is 4.18. The Balaban J connectivity index is 1.49. The van der Waals surface area contributed by atoms with Gasteiger partial charge in [-0.1, -0.05) is 6.07 Å². The zero-order chi connectivity index (χ0) is 23.7. The molecular formula is C28H38N2O4. The van der Waals surface area contributed by atoms with Crippen molar-refractivity contribution in [2.75, 3.05) is 27.3 Å². The molecule has 6 nitrogen and oxygen atoms in total. The van der Waals surface area contributed by atoms with Crippen LogP contribution in [0.1, 0.15) is 73.9 Å². The fourth-order valence-corrected chi connectivity index (χ4v) is 9.57. The Morgan fingerprint density at radius 3 is 2.71 bits per heavy atom. The van der Waals surface area contributed by atoms with Crippen LogP contribution in [0.3, 0.4) is 0 Å². The van der Waals surface area contributed by atoms with Gasteiger partial charge in [-0.15, -0.1) is 0 Å². The van der Waals surface area contributed by atoms with Gasteiger partial charge in [-0.3, -0.25) is 9.69 Å². The topological polar surface area (TPSA) is 74.0 Å². The average molecular weight is 467 g/mol. The highest BCUT2D eigenvalue weighted by molar-refractivity contribution is 5.97.